The zero-order valence-corrected chi connectivity index (χ0v) is 13.8. The molecule has 0 saturated heterocycles. The Balaban J connectivity index is 1.73. The van der Waals surface area contributed by atoms with Crippen LogP contribution in [0.2, 0.25) is 0 Å². The van der Waals surface area contributed by atoms with Crippen LogP contribution in [0.4, 0.5) is 5.82 Å². The van der Waals surface area contributed by atoms with Crippen LogP contribution in [0.3, 0.4) is 0 Å². The maximum absolute atomic E-state index is 4.82. The monoisotopic (exact) mass is 307 g/mol. The molecule has 0 unspecified atom stereocenters. The molecule has 0 atom stereocenters. The Morgan fingerprint density at radius 2 is 1.74 bits per heavy atom. The van der Waals surface area contributed by atoms with Crippen molar-refractivity contribution in [3.8, 4) is 0 Å². The van der Waals surface area contributed by atoms with Crippen molar-refractivity contribution in [3.05, 3.63) is 53.3 Å². The van der Waals surface area contributed by atoms with Crippen molar-refractivity contribution >= 4 is 11.5 Å². The predicted molar refractivity (Wildman–Crippen MR) is 90.7 cm³/mol. The quantitative estimate of drug-likeness (QED) is 0.693. The molecule has 0 aliphatic carbocycles. The summed E-state index contributed by atoms with van der Waals surface area (Å²) in [6, 6.07) is 12.7. The van der Waals surface area contributed by atoms with Gasteiger partial charge in [-0.25, -0.2) is 0 Å². The smallest absolute Gasteiger partial charge is 0.178 e. The molecule has 1 aliphatic rings. The van der Waals surface area contributed by atoms with Crippen molar-refractivity contribution in [2.24, 2.45) is 0 Å². The highest BCUT2D eigenvalue weighted by Gasteiger charge is 2.23. The second kappa shape index (κ2) is 5.05. The van der Waals surface area contributed by atoms with Gasteiger partial charge in [-0.15, -0.1) is 15.3 Å². The molecule has 5 nitrogen and oxygen atoms in total. The van der Waals surface area contributed by atoms with E-state index in [-0.39, 0.29) is 5.41 Å². The lowest BCUT2D eigenvalue weighted by molar-refractivity contribution is 0.525. The Hall–Kier alpha value is -2.43. The van der Waals surface area contributed by atoms with Crippen LogP contribution < -0.4 is 4.90 Å². The van der Waals surface area contributed by atoms with E-state index in [1.165, 1.54) is 11.1 Å². The predicted octanol–water partition coefficient (Wildman–Crippen LogP) is 2.98. The maximum Gasteiger partial charge on any atom is 0.178 e. The lowest BCUT2D eigenvalue weighted by Gasteiger charge is -2.29. The van der Waals surface area contributed by atoms with Crippen LogP contribution in [-0.2, 0) is 18.4 Å². The van der Waals surface area contributed by atoms with Gasteiger partial charge in [0.2, 0.25) is 0 Å². The van der Waals surface area contributed by atoms with Gasteiger partial charge in [0, 0.05) is 18.5 Å². The molecule has 0 radical (unpaired) electrons. The Bertz CT molecular complexity index is 859. The summed E-state index contributed by atoms with van der Waals surface area (Å²) in [4.78, 5) is 2.33. The topological polar surface area (TPSA) is 46.3 Å². The van der Waals surface area contributed by atoms with Gasteiger partial charge in [0.15, 0.2) is 11.5 Å². The average molecular weight is 307 g/mol. The summed E-state index contributed by atoms with van der Waals surface area (Å²) in [6.07, 6.45) is 1.06. The Morgan fingerprint density at radius 3 is 2.52 bits per heavy atom. The van der Waals surface area contributed by atoms with Gasteiger partial charge in [-0.05, 0) is 29.7 Å². The molecule has 3 heterocycles. The van der Waals surface area contributed by atoms with Gasteiger partial charge in [-0.1, -0.05) is 45.0 Å². The summed E-state index contributed by atoms with van der Waals surface area (Å²) in [7, 11) is 0. The Morgan fingerprint density at radius 1 is 0.957 bits per heavy atom. The summed E-state index contributed by atoms with van der Waals surface area (Å²) in [5.41, 5.74) is 3.56. The Labute approximate surface area is 136 Å². The van der Waals surface area contributed by atoms with Crippen molar-refractivity contribution in [2.75, 3.05) is 11.4 Å². The van der Waals surface area contributed by atoms with Crippen LogP contribution in [-0.4, -0.2) is 26.4 Å². The highest BCUT2D eigenvalue weighted by molar-refractivity contribution is 5.48. The molecule has 1 aliphatic heterocycles. The van der Waals surface area contributed by atoms with E-state index in [2.05, 4.69) is 60.1 Å². The standard InChI is InChI=1S/C18H21N5/c1-18(2,3)17-20-19-15-8-9-16(21-23(15)17)22-11-10-13-6-4-5-7-14(13)12-22/h4-9H,10-12H2,1-3H3. The van der Waals surface area contributed by atoms with E-state index in [0.29, 0.717) is 0 Å². The molecule has 118 valence electrons. The fraction of sp³-hybridized carbons (Fsp3) is 0.389. The zero-order chi connectivity index (χ0) is 16.0. The summed E-state index contributed by atoms with van der Waals surface area (Å²) in [6.45, 7) is 8.29. The third-order valence-corrected chi connectivity index (χ3v) is 4.37. The SMILES string of the molecule is CC(C)(C)c1nnc2ccc(N3CCc4ccccc4C3)nn12. The fourth-order valence-corrected chi connectivity index (χ4v) is 3.11. The molecule has 23 heavy (non-hydrogen) atoms. The average Bonchev–Trinajstić information content (AvgIpc) is 2.97. The van der Waals surface area contributed by atoms with Gasteiger partial charge in [0.1, 0.15) is 5.82 Å². The second-order valence-corrected chi connectivity index (χ2v) is 7.18. The van der Waals surface area contributed by atoms with E-state index < -0.39 is 0 Å². The number of fused-ring (bicyclic) bond motifs is 2. The van der Waals surface area contributed by atoms with Crippen LogP contribution in [0.25, 0.3) is 5.65 Å². The lowest BCUT2D eigenvalue weighted by Crippen LogP contribution is -2.31. The number of aromatic nitrogens is 4. The molecule has 1 aromatic carbocycles. The van der Waals surface area contributed by atoms with Crippen LogP contribution >= 0.6 is 0 Å². The zero-order valence-electron chi connectivity index (χ0n) is 13.8. The minimum Gasteiger partial charge on any atom is -0.351 e. The Kier molecular flexibility index (Phi) is 3.11. The highest BCUT2D eigenvalue weighted by atomic mass is 15.4. The first-order valence-corrected chi connectivity index (χ1v) is 8.07. The van der Waals surface area contributed by atoms with Gasteiger partial charge in [0.05, 0.1) is 0 Å². The first-order chi connectivity index (χ1) is 11.0. The van der Waals surface area contributed by atoms with Crippen LogP contribution in [0, 0.1) is 0 Å². The molecule has 4 rings (SSSR count). The number of hydrogen-bond donors (Lipinski definition) is 0. The van der Waals surface area contributed by atoms with E-state index in [0.717, 1.165) is 36.8 Å². The molecular formula is C18H21N5. The molecule has 0 spiro atoms. The van der Waals surface area contributed by atoms with E-state index in [4.69, 9.17) is 5.10 Å². The van der Waals surface area contributed by atoms with E-state index >= 15 is 0 Å². The van der Waals surface area contributed by atoms with Crippen molar-refractivity contribution < 1.29 is 0 Å². The number of benzene rings is 1. The van der Waals surface area contributed by atoms with E-state index in [9.17, 15) is 0 Å². The number of anilines is 1. The molecule has 3 aromatic rings. The molecular weight excluding hydrogens is 286 g/mol. The van der Waals surface area contributed by atoms with Crippen LogP contribution in [0.1, 0.15) is 37.7 Å². The molecule has 5 heteroatoms. The van der Waals surface area contributed by atoms with Crippen LogP contribution in [0.5, 0.6) is 0 Å². The van der Waals surface area contributed by atoms with E-state index in [1.54, 1.807) is 0 Å². The lowest BCUT2D eigenvalue weighted by atomic mass is 9.96. The van der Waals surface area contributed by atoms with Gasteiger partial charge < -0.3 is 4.90 Å². The summed E-state index contributed by atoms with van der Waals surface area (Å²) in [5.74, 6) is 1.88. The van der Waals surface area contributed by atoms with Gasteiger partial charge in [-0.3, -0.25) is 0 Å². The van der Waals surface area contributed by atoms with Gasteiger partial charge in [-0.2, -0.15) is 4.52 Å². The molecule has 0 amide bonds. The van der Waals surface area contributed by atoms with Crippen molar-refractivity contribution in [1.29, 1.82) is 0 Å². The highest BCUT2D eigenvalue weighted by Crippen LogP contribution is 2.25. The third-order valence-electron chi connectivity index (χ3n) is 4.37. The van der Waals surface area contributed by atoms with Crippen molar-refractivity contribution in [1.82, 2.24) is 19.8 Å². The van der Waals surface area contributed by atoms with Crippen molar-refractivity contribution in [3.63, 3.8) is 0 Å². The summed E-state index contributed by atoms with van der Waals surface area (Å²) in [5, 5.41) is 13.4. The largest absolute Gasteiger partial charge is 0.351 e. The normalized spacial score (nSPS) is 15.0. The van der Waals surface area contributed by atoms with E-state index in [1.807, 2.05) is 16.6 Å². The van der Waals surface area contributed by atoms with Gasteiger partial charge >= 0.3 is 0 Å². The first kappa shape index (κ1) is 14.2. The minimum absolute atomic E-state index is 0.0838. The van der Waals surface area contributed by atoms with Crippen LogP contribution in [0.15, 0.2) is 36.4 Å². The first-order valence-electron chi connectivity index (χ1n) is 8.07. The van der Waals surface area contributed by atoms with Crippen molar-refractivity contribution in [2.45, 2.75) is 39.2 Å². The molecule has 0 N–H and O–H groups in total. The van der Waals surface area contributed by atoms with Gasteiger partial charge in [0.25, 0.3) is 0 Å². The summed E-state index contributed by atoms with van der Waals surface area (Å²) >= 11 is 0. The minimum atomic E-state index is -0.0838. The molecule has 2 aromatic heterocycles. The fourth-order valence-electron chi connectivity index (χ4n) is 3.11. The molecule has 0 fully saturated rings. The summed E-state index contributed by atoms with van der Waals surface area (Å²) < 4.78 is 1.88. The number of rotatable bonds is 1. The molecule has 0 bridgehead atoms. The number of nitrogens with zero attached hydrogens (tertiary/aromatic N) is 5. The maximum atomic E-state index is 4.82. The number of hydrogen-bond acceptors (Lipinski definition) is 4. The third kappa shape index (κ3) is 2.46. The molecule has 0 saturated carbocycles. The second-order valence-electron chi connectivity index (χ2n) is 7.18.